The third-order valence-corrected chi connectivity index (χ3v) is 6.99. The first kappa shape index (κ1) is 22.0. The molecule has 3 fully saturated rings. The van der Waals surface area contributed by atoms with Crippen molar-refractivity contribution in [3.63, 3.8) is 0 Å². The average Bonchev–Trinajstić information content (AvgIpc) is 3.20. The smallest absolute Gasteiger partial charge is 0.310 e. The Morgan fingerprint density at radius 1 is 1.03 bits per heavy atom. The Kier molecular flexibility index (Phi) is 5.90. The van der Waals surface area contributed by atoms with Crippen LogP contribution < -0.4 is 5.32 Å². The number of nitrogens with one attached hydrogen (secondary N) is 1. The van der Waals surface area contributed by atoms with E-state index in [0.29, 0.717) is 11.5 Å². The van der Waals surface area contributed by atoms with Crippen LogP contribution in [0.25, 0.3) is 0 Å². The molecule has 0 saturated carbocycles. The fourth-order valence-electron chi connectivity index (χ4n) is 5.36. The first-order valence-electron chi connectivity index (χ1n) is 11.6. The number of halogens is 1. The number of carbonyl (C=O) groups is 2. The number of carbonyl (C=O) groups excluding carboxylic acids is 2. The van der Waals surface area contributed by atoms with Gasteiger partial charge in [-0.05, 0) is 24.0 Å². The Labute approximate surface area is 193 Å². The van der Waals surface area contributed by atoms with E-state index >= 15 is 0 Å². The van der Waals surface area contributed by atoms with Crippen LogP contribution in [0, 0.1) is 11.7 Å². The Balaban J connectivity index is 1.37. The molecule has 3 heterocycles. The van der Waals surface area contributed by atoms with Crippen molar-refractivity contribution in [2.24, 2.45) is 5.92 Å². The van der Waals surface area contributed by atoms with Crippen molar-refractivity contribution in [1.82, 2.24) is 24.9 Å². The van der Waals surface area contributed by atoms with E-state index in [1.807, 2.05) is 18.2 Å². The molecule has 5 rings (SSSR count). The molecule has 7 nitrogen and oxygen atoms in total. The van der Waals surface area contributed by atoms with Gasteiger partial charge in [-0.15, -0.1) is 0 Å². The molecule has 0 aliphatic carbocycles. The number of benzene rings is 2. The zero-order valence-electron chi connectivity index (χ0n) is 19.0. The maximum absolute atomic E-state index is 14.3. The summed E-state index contributed by atoms with van der Waals surface area (Å²) in [5.41, 5.74) is 1.61. The van der Waals surface area contributed by atoms with Gasteiger partial charge in [0, 0.05) is 32.2 Å². The molecule has 3 amide bonds. The maximum atomic E-state index is 14.3. The van der Waals surface area contributed by atoms with Crippen molar-refractivity contribution in [3.8, 4) is 0 Å². The topological polar surface area (TPSA) is 59.1 Å². The van der Waals surface area contributed by atoms with E-state index in [2.05, 4.69) is 34.2 Å². The van der Waals surface area contributed by atoms with Crippen LogP contribution in [0.1, 0.15) is 18.1 Å². The lowest BCUT2D eigenvalue weighted by Crippen LogP contribution is -2.66. The monoisotopic (exact) mass is 451 g/mol. The molecular formula is C25H30FN5O2. The summed E-state index contributed by atoms with van der Waals surface area (Å²) in [5.74, 6) is -0.296. The lowest BCUT2D eigenvalue weighted by molar-refractivity contribution is -0.141. The van der Waals surface area contributed by atoms with Crippen LogP contribution in [0.15, 0.2) is 54.6 Å². The van der Waals surface area contributed by atoms with Crippen molar-refractivity contribution in [2.75, 3.05) is 26.7 Å². The van der Waals surface area contributed by atoms with Gasteiger partial charge in [0.25, 0.3) is 5.91 Å². The highest BCUT2D eigenvalue weighted by molar-refractivity contribution is 6.00. The molecular weight excluding hydrogens is 421 g/mol. The highest BCUT2D eigenvalue weighted by Gasteiger charge is 2.56. The van der Waals surface area contributed by atoms with Gasteiger partial charge in [0.15, 0.2) is 0 Å². The van der Waals surface area contributed by atoms with E-state index in [9.17, 15) is 14.0 Å². The van der Waals surface area contributed by atoms with E-state index in [-0.39, 0.29) is 18.7 Å². The van der Waals surface area contributed by atoms with Crippen molar-refractivity contribution in [1.29, 1.82) is 0 Å². The Morgan fingerprint density at radius 2 is 1.76 bits per heavy atom. The lowest BCUT2D eigenvalue weighted by atomic mass is 10.0. The molecule has 3 aliphatic rings. The van der Waals surface area contributed by atoms with E-state index in [1.54, 1.807) is 30.1 Å². The number of rotatable bonds is 5. The number of nitrogens with zero attached hydrogens (tertiary/aromatic N) is 4. The molecule has 0 aromatic heterocycles. The van der Waals surface area contributed by atoms with Crippen molar-refractivity contribution >= 4 is 11.9 Å². The second kappa shape index (κ2) is 8.85. The number of likely N-dealkylation sites (N-methyl/N-ethyl adjacent to an activating group) is 1. The highest BCUT2D eigenvalue weighted by atomic mass is 19.1. The molecule has 0 bridgehead atoms. The van der Waals surface area contributed by atoms with E-state index in [4.69, 9.17) is 0 Å². The number of hydrogen-bond donors (Lipinski definition) is 1. The molecule has 2 aromatic carbocycles. The summed E-state index contributed by atoms with van der Waals surface area (Å²) in [6.07, 6.45) is 0.390. The van der Waals surface area contributed by atoms with Crippen LogP contribution in [0.3, 0.4) is 0 Å². The van der Waals surface area contributed by atoms with Crippen LogP contribution in [0.2, 0.25) is 0 Å². The van der Waals surface area contributed by atoms with E-state index in [1.165, 1.54) is 16.5 Å². The third-order valence-electron chi connectivity index (χ3n) is 6.99. The van der Waals surface area contributed by atoms with Gasteiger partial charge in [-0.3, -0.25) is 24.8 Å². The van der Waals surface area contributed by atoms with E-state index in [0.717, 1.165) is 26.1 Å². The maximum Gasteiger partial charge on any atom is 0.328 e. The Bertz CT molecular complexity index is 1030. The summed E-state index contributed by atoms with van der Waals surface area (Å²) in [6, 6.07) is 15.8. The second-order valence-electron chi connectivity index (χ2n) is 9.37. The SMILES string of the molecule is CC1CN(CCc2ccccc2)C2NC3C(C(=O)N(Cc4ccccc4F)C(=O)N3C)N2C1. The summed E-state index contributed by atoms with van der Waals surface area (Å²) in [7, 11) is 1.71. The average molecular weight is 452 g/mol. The standard InChI is InChI=1S/C25H30FN5O2/c1-17-14-29(13-12-18-8-4-3-5-9-18)24-27-22-21(30(24)15-17)23(32)31(25(33)28(22)2)16-19-10-6-7-11-20(19)26/h3-11,17,21-22,24,27H,12-16H2,1-2H3. The van der Waals surface area contributed by atoms with Gasteiger partial charge in [0.05, 0.1) is 6.54 Å². The first-order chi connectivity index (χ1) is 15.9. The minimum atomic E-state index is -0.494. The summed E-state index contributed by atoms with van der Waals surface area (Å²) in [6.45, 7) is 4.67. The van der Waals surface area contributed by atoms with Crippen LogP contribution in [-0.2, 0) is 17.8 Å². The molecule has 33 heavy (non-hydrogen) atoms. The summed E-state index contributed by atoms with van der Waals surface area (Å²) < 4.78 is 14.3. The minimum absolute atomic E-state index is 0.0658. The van der Waals surface area contributed by atoms with Gasteiger partial charge in [-0.1, -0.05) is 55.5 Å². The normalized spacial score (nSPS) is 28.2. The molecule has 3 saturated heterocycles. The van der Waals surface area contributed by atoms with Crippen molar-refractivity contribution in [3.05, 3.63) is 71.5 Å². The number of urea groups is 1. The van der Waals surface area contributed by atoms with Crippen LogP contribution in [-0.4, -0.2) is 76.7 Å². The minimum Gasteiger partial charge on any atom is -0.310 e. The van der Waals surface area contributed by atoms with Crippen LogP contribution in [0.5, 0.6) is 0 Å². The third kappa shape index (κ3) is 4.03. The zero-order chi connectivity index (χ0) is 23.1. The molecule has 3 aliphatic heterocycles. The molecule has 4 unspecified atom stereocenters. The van der Waals surface area contributed by atoms with Gasteiger partial charge in [-0.2, -0.15) is 0 Å². The van der Waals surface area contributed by atoms with E-state index < -0.39 is 24.1 Å². The van der Waals surface area contributed by atoms with Gasteiger partial charge < -0.3 is 4.90 Å². The lowest BCUT2D eigenvalue weighted by Gasteiger charge is -2.45. The molecule has 0 spiro atoms. The fourth-order valence-corrected chi connectivity index (χ4v) is 5.36. The summed E-state index contributed by atoms with van der Waals surface area (Å²) in [4.78, 5) is 34.0. The number of imide groups is 1. The summed E-state index contributed by atoms with van der Waals surface area (Å²) in [5, 5.41) is 3.54. The number of amides is 3. The molecule has 1 N–H and O–H groups in total. The molecule has 4 atom stereocenters. The predicted molar refractivity (Wildman–Crippen MR) is 122 cm³/mol. The first-order valence-corrected chi connectivity index (χ1v) is 11.6. The van der Waals surface area contributed by atoms with Crippen molar-refractivity contribution < 1.29 is 14.0 Å². The highest BCUT2D eigenvalue weighted by Crippen LogP contribution is 2.32. The van der Waals surface area contributed by atoms with Gasteiger partial charge in [0.1, 0.15) is 24.3 Å². The molecule has 2 aromatic rings. The Morgan fingerprint density at radius 3 is 2.52 bits per heavy atom. The van der Waals surface area contributed by atoms with Crippen LogP contribution >= 0.6 is 0 Å². The number of fused-ring (bicyclic) bond motifs is 3. The summed E-state index contributed by atoms with van der Waals surface area (Å²) >= 11 is 0. The fraction of sp³-hybridized carbons (Fsp3) is 0.440. The van der Waals surface area contributed by atoms with Gasteiger partial charge in [0.2, 0.25) is 0 Å². The van der Waals surface area contributed by atoms with Crippen LogP contribution in [0.4, 0.5) is 9.18 Å². The number of hydrogen-bond acceptors (Lipinski definition) is 5. The molecule has 174 valence electrons. The van der Waals surface area contributed by atoms with Gasteiger partial charge >= 0.3 is 6.03 Å². The zero-order valence-corrected chi connectivity index (χ0v) is 19.0. The predicted octanol–water partition coefficient (Wildman–Crippen LogP) is 2.30. The van der Waals surface area contributed by atoms with Gasteiger partial charge in [-0.25, -0.2) is 9.18 Å². The largest absolute Gasteiger partial charge is 0.328 e. The molecule has 0 radical (unpaired) electrons. The van der Waals surface area contributed by atoms with Crippen molar-refractivity contribution in [2.45, 2.75) is 38.4 Å². The Hall–Kier alpha value is -2.81. The second-order valence-corrected chi connectivity index (χ2v) is 9.37. The quantitative estimate of drug-likeness (QED) is 0.756. The molecule has 8 heteroatoms.